The van der Waals surface area contributed by atoms with Crippen molar-refractivity contribution in [1.29, 1.82) is 0 Å². The van der Waals surface area contributed by atoms with Gasteiger partial charge in [-0.05, 0) is 19.1 Å². The van der Waals surface area contributed by atoms with Gasteiger partial charge in [0.15, 0.2) is 5.96 Å². The highest BCUT2D eigenvalue weighted by Crippen LogP contribution is 2.27. The van der Waals surface area contributed by atoms with Crippen LogP contribution in [0.1, 0.15) is 22.2 Å². The van der Waals surface area contributed by atoms with Crippen molar-refractivity contribution in [3.63, 3.8) is 0 Å². The Morgan fingerprint density at radius 2 is 2.04 bits per heavy atom. The summed E-state index contributed by atoms with van der Waals surface area (Å²) in [4.78, 5) is 8.82. The van der Waals surface area contributed by atoms with E-state index in [4.69, 9.17) is 4.74 Å². The highest BCUT2D eigenvalue weighted by atomic mass is 32.1. The largest absolute Gasteiger partial charge is 0.390 e. The molecule has 1 unspecified atom stereocenters. The van der Waals surface area contributed by atoms with Crippen molar-refractivity contribution in [3.8, 4) is 0 Å². The van der Waals surface area contributed by atoms with E-state index in [0.717, 1.165) is 13.1 Å². The van der Waals surface area contributed by atoms with Gasteiger partial charge in [-0.3, -0.25) is 9.89 Å². The summed E-state index contributed by atoms with van der Waals surface area (Å²) in [6.45, 7) is 5.51. The summed E-state index contributed by atoms with van der Waals surface area (Å²) < 4.78 is 42.2. The highest BCUT2D eigenvalue weighted by Gasteiger charge is 2.27. The van der Waals surface area contributed by atoms with Crippen LogP contribution in [0.5, 0.6) is 0 Å². The minimum Gasteiger partial charge on any atom is -0.379 e. The van der Waals surface area contributed by atoms with Crippen molar-refractivity contribution in [2.45, 2.75) is 25.6 Å². The third-order valence-corrected chi connectivity index (χ3v) is 5.07. The molecular formula is C16H25F3N4OS. The molecule has 9 heteroatoms. The first-order valence-electron chi connectivity index (χ1n) is 8.28. The predicted molar refractivity (Wildman–Crippen MR) is 94.2 cm³/mol. The molecule has 0 aliphatic carbocycles. The van der Waals surface area contributed by atoms with Crippen molar-refractivity contribution in [2.24, 2.45) is 4.99 Å². The fourth-order valence-electron chi connectivity index (χ4n) is 2.67. The van der Waals surface area contributed by atoms with E-state index in [1.54, 1.807) is 18.4 Å². The van der Waals surface area contributed by atoms with Gasteiger partial charge in [0.05, 0.1) is 25.7 Å². The highest BCUT2D eigenvalue weighted by molar-refractivity contribution is 7.12. The number of aryl methyl sites for hydroxylation is 1. The minimum absolute atomic E-state index is 0.142. The molecule has 0 radical (unpaired) electrons. The van der Waals surface area contributed by atoms with Crippen LogP contribution in [-0.4, -0.2) is 63.5 Å². The van der Waals surface area contributed by atoms with Crippen molar-refractivity contribution in [3.05, 3.63) is 21.9 Å². The van der Waals surface area contributed by atoms with E-state index in [1.807, 2.05) is 0 Å². The minimum atomic E-state index is -4.17. The molecule has 2 N–H and O–H groups in total. The lowest BCUT2D eigenvalue weighted by atomic mass is 10.2. The van der Waals surface area contributed by atoms with Crippen LogP contribution in [0.25, 0.3) is 0 Å². The molecule has 142 valence electrons. The van der Waals surface area contributed by atoms with Crippen LogP contribution in [-0.2, 0) is 4.74 Å². The van der Waals surface area contributed by atoms with Crippen molar-refractivity contribution in [2.75, 3.05) is 46.4 Å². The average molecular weight is 378 g/mol. The van der Waals surface area contributed by atoms with E-state index in [1.165, 1.54) is 9.75 Å². The lowest BCUT2D eigenvalue weighted by Crippen LogP contribution is -2.46. The van der Waals surface area contributed by atoms with Crippen molar-refractivity contribution in [1.82, 2.24) is 15.5 Å². The number of nitrogens with zero attached hydrogens (tertiary/aromatic N) is 2. The fraction of sp³-hybridized carbons (Fsp3) is 0.688. The standard InChI is InChI=1S/C16H25F3N4OS/c1-12-3-4-14(25-12)13(23-7-9-24-10-8-23)11-22-15(20-2)21-6-5-16(17,18)19/h3-4,13H,5-11H2,1-2H3,(H2,20,21,22). The SMILES string of the molecule is CN=C(NCCC(F)(F)F)NCC(c1ccc(C)s1)N1CCOCC1. The smallest absolute Gasteiger partial charge is 0.379 e. The Balaban J connectivity index is 1.93. The zero-order chi connectivity index (χ0) is 18.3. The molecule has 0 spiro atoms. The Hall–Kier alpha value is -1.32. The van der Waals surface area contributed by atoms with Gasteiger partial charge >= 0.3 is 6.18 Å². The van der Waals surface area contributed by atoms with E-state index < -0.39 is 12.6 Å². The van der Waals surface area contributed by atoms with Crippen molar-refractivity contribution >= 4 is 17.3 Å². The summed E-state index contributed by atoms with van der Waals surface area (Å²) in [7, 11) is 1.56. The first kappa shape index (κ1) is 20.0. The number of hydrogen-bond acceptors (Lipinski definition) is 4. The number of ether oxygens (including phenoxy) is 1. The maximum atomic E-state index is 12.3. The first-order chi connectivity index (χ1) is 11.9. The van der Waals surface area contributed by atoms with Gasteiger partial charge in [-0.15, -0.1) is 11.3 Å². The molecule has 25 heavy (non-hydrogen) atoms. The van der Waals surface area contributed by atoms with Gasteiger partial charge in [0.25, 0.3) is 0 Å². The lowest BCUT2D eigenvalue weighted by Gasteiger charge is -2.34. The van der Waals surface area contributed by atoms with Crippen LogP contribution in [0.3, 0.4) is 0 Å². The zero-order valence-electron chi connectivity index (χ0n) is 14.5. The van der Waals surface area contributed by atoms with Gasteiger partial charge in [0, 0.05) is 43.0 Å². The number of morpholine rings is 1. The molecule has 0 aromatic carbocycles. The second-order valence-corrected chi connectivity index (χ2v) is 7.18. The Morgan fingerprint density at radius 3 is 2.60 bits per heavy atom. The monoisotopic (exact) mass is 378 g/mol. The quantitative estimate of drug-likeness (QED) is 0.590. The van der Waals surface area contributed by atoms with Crippen LogP contribution >= 0.6 is 11.3 Å². The summed E-state index contributed by atoms with van der Waals surface area (Å²) in [6.07, 6.45) is -5.05. The molecule has 2 heterocycles. The van der Waals surface area contributed by atoms with Crippen LogP contribution in [0, 0.1) is 6.92 Å². The summed E-state index contributed by atoms with van der Waals surface area (Å²) in [5.74, 6) is 0.385. The van der Waals surface area contributed by atoms with Crippen molar-refractivity contribution < 1.29 is 17.9 Å². The van der Waals surface area contributed by atoms with E-state index >= 15 is 0 Å². The van der Waals surface area contributed by atoms with Crippen LogP contribution < -0.4 is 10.6 Å². The number of halogens is 3. The third-order valence-electron chi connectivity index (χ3n) is 3.96. The van der Waals surface area contributed by atoms with E-state index in [2.05, 4.69) is 39.6 Å². The van der Waals surface area contributed by atoms with Crippen LogP contribution in [0.2, 0.25) is 0 Å². The third kappa shape index (κ3) is 6.83. The summed E-state index contributed by atoms with van der Waals surface area (Å²) in [6, 6.07) is 4.34. The van der Waals surface area contributed by atoms with E-state index in [0.29, 0.717) is 25.7 Å². The van der Waals surface area contributed by atoms with Gasteiger partial charge in [0.2, 0.25) is 0 Å². The number of alkyl halides is 3. The van der Waals surface area contributed by atoms with Gasteiger partial charge in [-0.2, -0.15) is 13.2 Å². The molecular weight excluding hydrogens is 353 g/mol. The molecule has 0 amide bonds. The van der Waals surface area contributed by atoms with Gasteiger partial charge < -0.3 is 15.4 Å². The lowest BCUT2D eigenvalue weighted by molar-refractivity contribution is -0.132. The maximum Gasteiger partial charge on any atom is 0.390 e. The van der Waals surface area contributed by atoms with Gasteiger partial charge in [-0.25, -0.2) is 0 Å². The Labute approximate surface area is 150 Å². The molecule has 1 fully saturated rings. The van der Waals surface area contributed by atoms with Crippen LogP contribution in [0.4, 0.5) is 13.2 Å². The molecule has 2 rings (SSSR count). The Morgan fingerprint density at radius 1 is 1.32 bits per heavy atom. The molecule has 0 saturated carbocycles. The number of rotatable bonds is 6. The summed E-state index contributed by atoms with van der Waals surface area (Å²) >= 11 is 1.74. The Kier molecular flexibility index (Phi) is 7.52. The number of nitrogens with one attached hydrogen (secondary N) is 2. The average Bonchev–Trinajstić information content (AvgIpc) is 2.99. The molecule has 1 aliphatic heterocycles. The summed E-state index contributed by atoms with van der Waals surface area (Å²) in [5, 5.41) is 5.88. The molecule has 1 atom stereocenters. The Bertz CT molecular complexity index is 556. The van der Waals surface area contributed by atoms with Crippen LogP contribution in [0.15, 0.2) is 17.1 Å². The molecule has 1 aliphatic rings. The second-order valence-electron chi connectivity index (χ2n) is 5.86. The number of thiophene rings is 1. The normalized spacial score (nSPS) is 18.2. The molecule has 1 saturated heterocycles. The molecule has 1 aromatic heterocycles. The molecule has 5 nitrogen and oxygen atoms in total. The van der Waals surface area contributed by atoms with E-state index in [9.17, 15) is 13.2 Å². The summed E-state index contributed by atoms with van der Waals surface area (Å²) in [5.41, 5.74) is 0. The predicted octanol–water partition coefficient (Wildman–Crippen LogP) is 2.55. The van der Waals surface area contributed by atoms with Gasteiger partial charge in [0.1, 0.15) is 0 Å². The van der Waals surface area contributed by atoms with E-state index in [-0.39, 0.29) is 12.6 Å². The zero-order valence-corrected chi connectivity index (χ0v) is 15.3. The first-order valence-corrected chi connectivity index (χ1v) is 9.10. The second kappa shape index (κ2) is 9.40. The topological polar surface area (TPSA) is 48.9 Å². The van der Waals surface area contributed by atoms with Gasteiger partial charge in [-0.1, -0.05) is 0 Å². The number of aliphatic imine (C=N–C) groups is 1. The maximum absolute atomic E-state index is 12.3. The molecule has 1 aromatic rings. The number of guanidine groups is 1. The fourth-order valence-corrected chi connectivity index (χ4v) is 3.68. The number of hydrogen-bond donors (Lipinski definition) is 2. The molecule has 0 bridgehead atoms.